The molecule has 54 valence electrons. The molecule has 4 nitrogen and oxygen atoms in total. The summed E-state index contributed by atoms with van der Waals surface area (Å²) in [7, 11) is 0. The molecule has 1 atom stereocenters. The number of hydroxylamine groups is 2. The first-order valence-electron chi connectivity index (χ1n) is 2.90. The number of hydrogen-bond donors (Lipinski definition) is 2. The average Bonchev–Trinajstić information content (AvgIpc) is 2.13. The van der Waals surface area contributed by atoms with Gasteiger partial charge in [0.2, 0.25) is 0 Å². The topological polar surface area (TPSA) is 60.8 Å². The van der Waals surface area contributed by atoms with Gasteiger partial charge in [0.05, 0.1) is 0 Å². The van der Waals surface area contributed by atoms with Gasteiger partial charge in [0, 0.05) is 6.54 Å². The Hall–Kier alpha value is 0.390. The molecule has 1 unspecified atom stereocenters. The van der Waals surface area contributed by atoms with Crippen LogP contribution in [0.1, 0.15) is 12.8 Å². The minimum atomic E-state index is -0.935. The monoisotopic (exact) mass is 155 g/mol. The fourth-order valence-corrected chi connectivity index (χ4v) is 1.00. The molecule has 1 aliphatic heterocycles. The van der Waals surface area contributed by atoms with Crippen molar-refractivity contribution < 1.29 is 15.1 Å². The van der Waals surface area contributed by atoms with Crippen molar-refractivity contribution in [1.29, 1.82) is 0 Å². The van der Waals surface area contributed by atoms with Gasteiger partial charge in [0.15, 0.2) is 0 Å². The molecule has 1 rings (SSSR count). The van der Waals surface area contributed by atoms with Gasteiger partial charge in [0.25, 0.3) is 0 Å². The number of carboxylic acids is 1. The second-order valence-corrected chi connectivity index (χ2v) is 2.16. The van der Waals surface area contributed by atoms with Crippen LogP contribution in [0.25, 0.3) is 0 Å². The van der Waals surface area contributed by atoms with Crippen LogP contribution in [0.4, 0.5) is 0 Å². The van der Waals surface area contributed by atoms with Crippen molar-refractivity contribution in [3.05, 3.63) is 0 Å². The van der Waals surface area contributed by atoms with Crippen molar-refractivity contribution in [3.63, 3.8) is 0 Å². The van der Waals surface area contributed by atoms with Crippen LogP contribution in [0.5, 0.6) is 0 Å². The van der Waals surface area contributed by atoms with Gasteiger partial charge in [-0.1, -0.05) is 0 Å². The summed E-state index contributed by atoms with van der Waals surface area (Å²) in [6.45, 7) is 0.483. The molecule has 0 aromatic heterocycles. The molecule has 0 aliphatic carbocycles. The molecule has 0 aromatic carbocycles. The van der Waals surface area contributed by atoms with Crippen LogP contribution < -0.4 is 0 Å². The van der Waals surface area contributed by atoms with E-state index in [0.29, 0.717) is 13.0 Å². The summed E-state index contributed by atoms with van der Waals surface area (Å²) < 4.78 is 0. The van der Waals surface area contributed by atoms with E-state index in [0.717, 1.165) is 11.5 Å². The number of carboxylic acid groups (broad SMARTS) is 1. The Kier molecular flexibility index (Phi) is 4.47. The maximum atomic E-state index is 10.2. The first-order valence-corrected chi connectivity index (χ1v) is 2.90. The molecule has 5 heteroatoms. The molecule has 2 N–H and O–H groups in total. The Labute approximate surface area is 81.1 Å². The first kappa shape index (κ1) is 10.4. The first-order chi connectivity index (χ1) is 4.22. The fourth-order valence-electron chi connectivity index (χ4n) is 1.00. The molecule has 0 amide bonds. The summed E-state index contributed by atoms with van der Waals surface area (Å²) in [5.74, 6) is -0.935. The summed E-state index contributed by atoms with van der Waals surface area (Å²) >= 11 is 0. The number of hydrogen-bond acceptors (Lipinski definition) is 3. The zero-order valence-electron chi connectivity index (χ0n) is 4.95. The van der Waals surface area contributed by atoms with Crippen molar-refractivity contribution in [2.45, 2.75) is 18.9 Å². The van der Waals surface area contributed by atoms with Crippen molar-refractivity contribution in [2.75, 3.05) is 6.54 Å². The van der Waals surface area contributed by atoms with Crippen LogP contribution in [0.15, 0.2) is 0 Å². The van der Waals surface area contributed by atoms with Crippen LogP contribution in [-0.4, -0.2) is 63.5 Å². The molecule has 0 aromatic rings. The van der Waals surface area contributed by atoms with Crippen LogP contribution in [0, 0.1) is 0 Å². The van der Waals surface area contributed by atoms with Crippen molar-refractivity contribution in [1.82, 2.24) is 5.06 Å². The van der Waals surface area contributed by atoms with E-state index in [9.17, 15) is 4.79 Å². The Balaban J connectivity index is 0.000000810. The van der Waals surface area contributed by atoms with E-state index in [4.69, 9.17) is 10.3 Å². The fraction of sp³-hybridized carbons (Fsp3) is 0.800. The molecule has 10 heavy (non-hydrogen) atoms. The molecule has 1 saturated heterocycles. The van der Waals surface area contributed by atoms with Gasteiger partial charge < -0.3 is 10.3 Å². The quantitative estimate of drug-likeness (QED) is 0.490. The van der Waals surface area contributed by atoms with Gasteiger partial charge in [0.1, 0.15) is 6.04 Å². The Morgan fingerprint density at radius 3 is 2.40 bits per heavy atom. The average molecular weight is 155 g/mol. The molecule has 1 heterocycles. The minimum absolute atomic E-state index is 0. The van der Waals surface area contributed by atoms with E-state index >= 15 is 0 Å². The van der Waals surface area contributed by atoms with Gasteiger partial charge in [-0.2, -0.15) is 5.06 Å². The summed E-state index contributed by atoms with van der Waals surface area (Å²) in [5.41, 5.74) is 0. The van der Waals surface area contributed by atoms with Gasteiger partial charge in [-0.05, 0) is 12.8 Å². The standard InChI is InChI=1S/C5H9NO3.Na.H/c7-5(8)4-2-1-3-6(4)9;;/h4,9H,1-3H2,(H,7,8);;. The zero-order chi connectivity index (χ0) is 6.85. The molecular formula is C5H10NNaO3. The third kappa shape index (κ3) is 2.21. The molecule has 1 fully saturated rings. The van der Waals surface area contributed by atoms with Gasteiger partial charge in [-0.15, -0.1) is 0 Å². The van der Waals surface area contributed by atoms with E-state index in [-0.39, 0.29) is 29.6 Å². The van der Waals surface area contributed by atoms with Gasteiger partial charge in [-0.3, -0.25) is 4.79 Å². The predicted octanol–water partition coefficient (Wildman–Crippen LogP) is -0.724. The van der Waals surface area contributed by atoms with Crippen LogP contribution >= 0.6 is 0 Å². The molecule has 0 saturated carbocycles. The maximum absolute atomic E-state index is 10.2. The van der Waals surface area contributed by atoms with E-state index in [1.54, 1.807) is 0 Å². The zero-order valence-corrected chi connectivity index (χ0v) is 4.95. The Bertz CT molecular complexity index is 130. The Morgan fingerprint density at radius 2 is 2.20 bits per heavy atom. The van der Waals surface area contributed by atoms with Gasteiger partial charge >= 0.3 is 35.5 Å². The number of nitrogens with zero attached hydrogens (tertiary/aromatic N) is 1. The normalized spacial score (nSPS) is 25.9. The summed E-state index contributed by atoms with van der Waals surface area (Å²) in [4.78, 5) is 10.2. The molecular weight excluding hydrogens is 145 g/mol. The molecule has 0 radical (unpaired) electrons. The third-order valence-electron chi connectivity index (χ3n) is 1.51. The molecule has 1 aliphatic rings. The third-order valence-corrected chi connectivity index (χ3v) is 1.51. The van der Waals surface area contributed by atoms with Crippen molar-refractivity contribution in [3.8, 4) is 0 Å². The summed E-state index contributed by atoms with van der Waals surface area (Å²) in [5, 5.41) is 18.1. The SMILES string of the molecule is O=C(O)C1CCCN1O.[NaH]. The van der Waals surface area contributed by atoms with Crippen LogP contribution in [0.2, 0.25) is 0 Å². The summed E-state index contributed by atoms with van der Waals surface area (Å²) in [6.07, 6.45) is 1.33. The van der Waals surface area contributed by atoms with Gasteiger partial charge in [-0.25, -0.2) is 0 Å². The predicted molar refractivity (Wildman–Crippen MR) is 36.3 cm³/mol. The van der Waals surface area contributed by atoms with Crippen LogP contribution in [0.3, 0.4) is 0 Å². The van der Waals surface area contributed by atoms with E-state index in [1.165, 1.54) is 0 Å². The van der Waals surface area contributed by atoms with Crippen molar-refractivity contribution >= 4 is 35.5 Å². The Morgan fingerprint density at radius 1 is 1.60 bits per heavy atom. The van der Waals surface area contributed by atoms with E-state index < -0.39 is 12.0 Å². The second-order valence-electron chi connectivity index (χ2n) is 2.16. The van der Waals surface area contributed by atoms with Crippen molar-refractivity contribution in [2.24, 2.45) is 0 Å². The van der Waals surface area contributed by atoms with Crippen LogP contribution in [-0.2, 0) is 4.79 Å². The van der Waals surface area contributed by atoms with E-state index in [2.05, 4.69) is 0 Å². The number of aliphatic carboxylic acids is 1. The number of carbonyl (C=O) groups is 1. The second kappa shape index (κ2) is 4.31. The van der Waals surface area contributed by atoms with E-state index in [1.807, 2.05) is 0 Å². The molecule has 0 spiro atoms. The summed E-state index contributed by atoms with van der Waals surface area (Å²) in [6, 6.07) is -0.662. The number of rotatable bonds is 1. The molecule has 0 bridgehead atoms.